The van der Waals surface area contributed by atoms with Crippen molar-refractivity contribution in [3.63, 3.8) is 0 Å². The van der Waals surface area contributed by atoms with Gasteiger partial charge in [0.25, 0.3) is 0 Å². The molecule has 0 unspecified atom stereocenters. The molecular weight excluding hydrogens is 250 g/mol. The van der Waals surface area contributed by atoms with E-state index in [1.54, 1.807) is 7.11 Å². The Balaban J connectivity index is 2.28. The normalized spacial score (nSPS) is 11.7. The minimum atomic E-state index is 0.0874. The Morgan fingerprint density at radius 2 is 2.05 bits per heavy atom. The summed E-state index contributed by atoms with van der Waals surface area (Å²) in [7, 11) is 1.68. The van der Waals surface area contributed by atoms with Crippen molar-refractivity contribution >= 4 is 0 Å². The Morgan fingerprint density at radius 1 is 1.30 bits per heavy atom. The van der Waals surface area contributed by atoms with Crippen LogP contribution in [0.25, 0.3) is 5.69 Å². The summed E-state index contributed by atoms with van der Waals surface area (Å²) in [5, 5.41) is 3.49. The van der Waals surface area contributed by atoms with Gasteiger partial charge in [0, 0.05) is 24.0 Å². The second-order valence-corrected chi connectivity index (χ2v) is 6.01. The van der Waals surface area contributed by atoms with Crippen LogP contribution in [0, 0.1) is 6.92 Å². The lowest BCUT2D eigenvalue weighted by atomic mass is 10.1. The highest BCUT2D eigenvalue weighted by atomic mass is 16.5. The average molecular weight is 273 g/mol. The van der Waals surface area contributed by atoms with Gasteiger partial charge in [0.1, 0.15) is 5.75 Å². The quantitative estimate of drug-likeness (QED) is 0.930. The molecule has 0 amide bonds. The lowest BCUT2D eigenvalue weighted by molar-refractivity contribution is 0.414. The molecule has 0 saturated heterocycles. The number of aromatic nitrogens is 2. The molecule has 108 valence electrons. The minimum Gasteiger partial charge on any atom is -0.497 e. The van der Waals surface area contributed by atoms with Gasteiger partial charge in [-0.2, -0.15) is 0 Å². The zero-order valence-corrected chi connectivity index (χ0v) is 12.9. The number of rotatable bonds is 4. The van der Waals surface area contributed by atoms with E-state index in [0.29, 0.717) is 0 Å². The Kier molecular flexibility index (Phi) is 4.14. The number of methoxy groups -OCH3 is 1. The van der Waals surface area contributed by atoms with E-state index in [1.165, 1.54) is 5.56 Å². The lowest BCUT2D eigenvalue weighted by Gasteiger charge is -2.21. The summed E-state index contributed by atoms with van der Waals surface area (Å²) in [6, 6.07) is 6.08. The number of hydrogen-bond acceptors (Lipinski definition) is 3. The zero-order chi connectivity index (χ0) is 14.8. The summed E-state index contributed by atoms with van der Waals surface area (Å²) < 4.78 is 7.37. The predicted octanol–water partition coefficient (Wildman–Crippen LogP) is 3.08. The van der Waals surface area contributed by atoms with Crippen molar-refractivity contribution in [2.75, 3.05) is 7.11 Å². The number of aryl methyl sites for hydroxylation is 1. The molecular formula is C16H23N3O. The number of hydrogen-bond donors (Lipinski definition) is 1. The van der Waals surface area contributed by atoms with Crippen LogP contribution in [0.2, 0.25) is 0 Å². The summed E-state index contributed by atoms with van der Waals surface area (Å²) in [6.45, 7) is 9.35. The van der Waals surface area contributed by atoms with Crippen molar-refractivity contribution in [2.24, 2.45) is 0 Å². The molecule has 0 aliphatic carbocycles. The molecule has 0 aliphatic heterocycles. The Morgan fingerprint density at radius 3 is 2.65 bits per heavy atom. The second-order valence-electron chi connectivity index (χ2n) is 6.01. The molecule has 0 fully saturated rings. The second kappa shape index (κ2) is 5.67. The number of ether oxygens (including phenoxy) is 1. The van der Waals surface area contributed by atoms with Crippen LogP contribution in [-0.4, -0.2) is 22.2 Å². The third-order valence-electron chi connectivity index (χ3n) is 3.18. The van der Waals surface area contributed by atoms with Crippen LogP contribution < -0.4 is 10.1 Å². The maximum atomic E-state index is 5.25. The van der Waals surface area contributed by atoms with Crippen molar-refractivity contribution < 1.29 is 4.74 Å². The third-order valence-corrected chi connectivity index (χ3v) is 3.18. The maximum Gasteiger partial charge on any atom is 0.119 e. The summed E-state index contributed by atoms with van der Waals surface area (Å²) in [5.41, 5.74) is 3.53. The zero-order valence-electron chi connectivity index (χ0n) is 12.9. The van der Waals surface area contributed by atoms with Crippen molar-refractivity contribution in [2.45, 2.75) is 39.8 Å². The van der Waals surface area contributed by atoms with Gasteiger partial charge >= 0.3 is 0 Å². The van der Waals surface area contributed by atoms with Crippen LogP contribution in [0.15, 0.2) is 30.7 Å². The smallest absolute Gasteiger partial charge is 0.119 e. The molecule has 0 aliphatic rings. The highest BCUT2D eigenvalue weighted by Gasteiger charge is 2.12. The van der Waals surface area contributed by atoms with Gasteiger partial charge in [-0.25, -0.2) is 4.98 Å². The first-order valence-electron chi connectivity index (χ1n) is 6.82. The minimum absolute atomic E-state index is 0.0874. The molecule has 2 aromatic rings. The van der Waals surface area contributed by atoms with Gasteiger partial charge in [-0.15, -0.1) is 0 Å². The van der Waals surface area contributed by atoms with E-state index in [9.17, 15) is 0 Å². The predicted molar refractivity (Wildman–Crippen MR) is 81.4 cm³/mol. The molecule has 1 N–H and O–H groups in total. The van der Waals surface area contributed by atoms with Crippen LogP contribution in [0.4, 0.5) is 0 Å². The molecule has 0 atom stereocenters. The molecule has 1 aromatic carbocycles. The van der Waals surface area contributed by atoms with Crippen LogP contribution >= 0.6 is 0 Å². The fourth-order valence-electron chi connectivity index (χ4n) is 2.05. The van der Waals surface area contributed by atoms with Crippen LogP contribution in [0.5, 0.6) is 5.75 Å². The van der Waals surface area contributed by atoms with Crippen LogP contribution in [-0.2, 0) is 6.54 Å². The monoisotopic (exact) mass is 273 g/mol. The summed E-state index contributed by atoms with van der Waals surface area (Å²) in [6.07, 6.45) is 3.76. The molecule has 0 saturated carbocycles. The number of nitrogens with one attached hydrogen (secondary N) is 1. The molecule has 4 nitrogen and oxygen atoms in total. The topological polar surface area (TPSA) is 39.1 Å². The Hall–Kier alpha value is -1.81. The SMILES string of the molecule is COc1ccc(-n2cncc2CNC(C)(C)C)c(C)c1. The van der Waals surface area contributed by atoms with Gasteiger partial charge in [-0.1, -0.05) is 0 Å². The summed E-state index contributed by atoms with van der Waals surface area (Å²) in [5.74, 6) is 0.876. The number of nitrogens with zero attached hydrogens (tertiary/aromatic N) is 2. The molecule has 0 radical (unpaired) electrons. The first-order valence-corrected chi connectivity index (χ1v) is 6.82. The first kappa shape index (κ1) is 14.6. The maximum absolute atomic E-state index is 5.25. The molecule has 0 spiro atoms. The third kappa shape index (κ3) is 3.39. The molecule has 20 heavy (non-hydrogen) atoms. The molecule has 0 bridgehead atoms. The molecule has 2 rings (SSSR count). The molecule has 1 heterocycles. The van der Waals surface area contributed by atoms with Crippen molar-refractivity contribution in [3.05, 3.63) is 42.0 Å². The van der Waals surface area contributed by atoms with E-state index < -0.39 is 0 Å². The summed E-state index contributed by atoms with van der Waals surface area (Å²) >= 11 is 0. The van der Waals surface area contributed by atoms with Gasteiger partial charge in [0.2, 0.25) is 0 Å². The molecule has 4 heteroatoms. The highest BCUT2D eigenvalue weighted by Crippen LogP contribution is 2.21. The van der Waals surface area contributed by atoms with Crippen molar-refractivity contribution in [1.29, 1.82) is 0 Å². The van der Waals surface area contributed by atoms with Crippen LogP contribution in [0.1, 0.15) is 32.0 Å². The van der Waals surface area contributed by atoms with Gasteiger partial charge in [-0.05, 0) is 51.5 Å². The van der Waals surface area contributed by atoms with E-state index in [-0.39, 0.29) is 5.54 Å². The lowest BCUT2D eigenvalue weighted by Crippen LogP contribution is -2.35. The van der Waals surface area contributed by atoms with E-state index >= 15 is 0 Å². The van der Waals surface area contributed by atoms with E-state index in [1.807, 2.05) is 24.7 Å². The van der Waals surface area contributed by atoms with Gasteiger partial charge in [0.05, 0.1) is 19.1 Å². The van der Waals surface area contributed by atoms with Crippen molar-refractivity contribution in [1.82, 2.24) is 14.9 Å². The Bertz CT molecular complexity index is 582. The standard InChI is InChI=1S/C16H23N3O/c1-12-8-14(20-5)6-7-15(12)19-11-17-9-13(19)10-18-16(2,3)4/h6-9,11,18H,10H2,1-5H3. The average Bonchev–Trinajstić information content (AvgIpc) is 2.83. The first-order chi connectivity index (χ1) is 9.40. The summed E-state index contributed by atoms with van der Waals surface area (Å²) in [4.78, 5) is 4.27. The van der Waals surface area contributed by atoms with Crippen LogP contribution in [0.3, 0.4) is 0 Å². The highest BCUT2D eigenvalue weighted by molar-refractivity contribution is 5.46. The van der Waals surface area contributed by atoms with Gasteiger partial charge < -0.3 is 14.6 Å². The van der Waals surface area contributed by atoms with Gasteiger partial charge in [-0.3, -0.25) is 0 Å². The van der Waals surface area contributed by atoms with Gasteiger partial charge in [0.15, 0.2) is 0 Å². The largest absolute Gasteiger partial charge is 0.497 e. The molecule has 1 aromatic heterocycles. The number of imidazole rings is 1. The Labute approximate surface area is 120 Å². The fourth-order valence-corrected chi connectivity index (χ4v) is 2.05. The van der Waals surface area contributed by atoms with E-state index in [2.05, 4.69) is 48.6 Å². The van der Waals surface area contributed by atoms with E-state index in [0.717, 1.165) is 23.7 Å². The van der Waals surface area contributed by atoms with Crippen molar-refractivity contribution in [3.8, 4) is 11.4 Å². The number of benzene rings is 1. The fraction of sp³-hybridized carbons (Fsp3) is 0.438. The van der Waals surface area contributed by atoms with E-state index in [4.69, 9.17) is 4.74 Å².